The Hall–Kier alpha value is -1.39. The molecule has 4 heteroatoms. The first-order valence-electron chi connectivity index (χ1n) is 14.2. The van der Waals surface area contributed by atoms with E-state index in [0.29, 0.717) is 6.42 Å². The quantitative estimate of drug-likeness (QED) is 0.0992. The van der Waals surface area contributed by atoms with Crippen molar-refractivity contribution in [2.45, 2.75) is 142 Å². The number of hydrogen-bond acceptors (Lipinski definition) is 3. The van der Waals surface area contributed by atoms with Gasteiger partial charge in [0, 0.05) is 6.42 Å². The number of aliphatic hydroxyl groups excluding tert-OH is 2. The van der Waals surface area contributed by atoms with Gasteiger partial charge in [-0.25, -0.2) is 0 Å². The van der Waals surface area contributed by atoms with Crippen LogP contribution < -0.4 is 5.32 Å². The van der Waals surface area contributed by atoms with Crippen LogP contribution in [-0.2, 0) is 4.79 Å². The van der Waals surface area contributed by atoms with Crippen molar-refractivity contribution in [3.63, 3.8) is 0 Å². The van der Waals surface area contributed by atoms with Crippen LogP contribution in [-0.4, -0.2) is 34.9 Å². The molecule has 4 nitrogen and oxygen atoms in total. The second-order valence-electron chi connectivity index (χ2n) is 9.45. The average molecular weight is 478 g/mol. The summed E-state index contributed by atoms with van der Waals surface area (Å²) in [5.41, 5.74) is 0. The Bertz CT molecular complexity index is 527. The zero-order valence-corrected chi connectivity index (χ0v) is 22.4. The minimum absolute atomic E-state index is 0.0911. The normalized spacial score (nSPS) is 13.9. The lowest BCUT2D eigenvalue weighted by Crippen LogP contribution is -2.45. The monoisotopic (exact) mass is 477 g/mol. The molecule has 0 spiro atoms. The lowest BCUT2D eigenvalue weighted by molar-refractivity contribution is -0.123. The number of nitrogens with one attached hydrogen (secondary N) is 1. The number of carbonyl (C=O) groups excluding carboxylic acids is 1. The molecule has 0 rings (SSSR count). The van der Waals surface area contributed by atoms with Gasteiger partial charge in [0.05, 0.1) is 18.8 Å². The summed E-state index contributed by atoms with van der Waals surface area (Å²) in [6, 6.07) is -0.637. The van der Waals surface area contributed by atoms with Crippen LogP contribution in [0.5, 0.6) is 0 Å². The van der Waals surface area contributed by atoms with E-state index in [1.54, 1.807) is 6.08 Å². The van der Waals surface area contributed by atoms with Crippen molar-refractivity contribution in [1.29, 1.82) is 0 Å². The zero-order chi connectivity index (χ0) is 25.1. The molecule has 0 aromatic rings. The van der Waals surface area contributed by atoms with Crippen LogP contribution in [0.25, 0.3) is 0 Å². The first kappa shape index (κ1) is 32.6. The third-order valence-corrected chi connectivity index (χ3v) is 6.08. The topological polar surface area (TPSA) is 69.6 Å². The van der Waals surface area contributed by atoms with E-state index in [-0.39, 0.29) is 12.5 Å². The number of allylic oxidation sites excluding steroid dienone is 5. The molecule has 0 aliphatic rings. The first-order chi connectivity index (χ1) is 16.7. The highest BCUT2D eigenvalue weighted by Gasteiger charge is 2.17. The molecule has 0 aliphatic heterocycles. The molecule has 0 heterocycles. The minimum Gasteiger partial charge on any atom is -0.394 e. The molecule has 0 fully saturated rings. The number of amides is 1. The summed E-state index contributed by atoms with van der Waals surface area (Å²) in [6.07, 6.45) is 32.2. The lowest BCUT2D eigenvalue weighted by atomic mass is 10.1. The van der Waals surface area contributed by atoms with E-state index < -0.39 is 12.1 Å². The third kappa shape index (κ3) is 22.4. The number of unbranched alkanes of at least 4 members (excludes halogenated alkanes) is 13. The van der Waals surface area contributed by atoms with Crippen LogP contribution in [0.15, 0.2) is 36.5 Å². The number of aliphatic hydroxyl groups is 2. The Balaban J connectivity index is 3.70. The molecule has 2 unspecified atom stereocenters. The Labute approximate surface area is 211 Å². The van der Waals surface area contributed by atoms with Gasteiger partial charge in [-0.15, -0.1) is 0 Å². The highest BCUT2D eigenvalue weighted by atomic mass is 16.3. The second kappa shape index (κ2) is 26.2. The summed E-state index contributed by atoms with van der Waals surface area (Å²) >= 11 is 0. The molecule has 0 saturated carbocycles. The van der Waals surface area contributed by atoms with Gasteiger partial charge in [0.1, 0.15) is 0 Å². The van der Waals surface area contributed by atoms with Gasteiger partial charge >= 0.3 is 0 Å². The molecule has 0 aromatic carbocycles. The van der Waals surface area contributed by atoms with Crippen LogP contribution in [0.3, 0.4) is 0 Å². The fraction of sp³-hybridized carbons (Fsp3) is 0.767. The molecule has 34 heavy (non-hydrogen) atoms. The van der Waals surface area contributed by atoms with E-state index >= 15 is 0 Å². The van der Waals surface area contributed by atoms with Crippen molar-refractivity contribution in [3.8, 4) is 0 Å². The van der Waals surface area contributed by atoms with Crippen LogP contribution in [0.2, 0.25) is 0 Å². The van der Waals surface area contributed by atoms with Gasteiger partial charge in [-0.2, -0.15) is 0 Å². The molecular weight excluding hydrogens is 422 g/mol. The van der Waals surface area contributed by atoms with Gasteiger partial charge in [-0.05, 0) is 51.4 Å². The van der Waals surface area contributed by atoms with E-state index in [4.69, 9.17) is 0 Å². The van der Waals surface area contributed by atoms with Crippen molar-refractivity contribution < 1.29 is 15.0 Å². The number of hydrogen-bond donors (Lipinski definition) is 3. The van der Waals surface area contributed by atoms with Crippen molar-refractivity contribution in [3.05, 3.63) is 36.5 Å². The largest absolute Gasteiger partial charge is 0.394 e. The zero-order valence-electron chi connectivity index (χ0n) is 22.4. The van der Waals surface area contributed by atoms with E-state index in [2.05, 4.69) is 43.5 Å². The summed E-state index contributed by atoms with van der Waals surface area (Å²) in [5.74, 6) is -0.0911. The minimum atomic E-state index is -0.859. The van der Waals surface area contributed by atoms with Gasteiger partial charge in [0.2, 0.25) is 5.91 Å². The fourth-order valence-electron chi connectivity index (χ4n) is 3.84. The Morgan fingerprint density at radius 2 is 1.21 bits per heavy atom. The predicted octanol–water partition coefficient (Wildman–Crippen LogP) is 7.55. The average Bonchev–Trinajstić information content (AvgIpc) is 2.84. The van der Waals surface area contributed by atoms with Gasteiger partial charge in [0.15, 0.2) is 0 Å². The number of rotatable bonds is 24. The molecule has 1 amide bonds. The maximum atomic E-state index is 12.2. The van der Waals surface area contributed by atoms with Crippen molar-refractivity contribution in [2.24, 2.45) is 0 Å². The summed E-state index contributed by atoms with van der Waals surface area (Å²) in [6.45, 7) is 4.15. The second-order valence-corrected chi connectivity index (χ2v) is 9.45. The standard InChI is InChI=1S/C30H55NO3/c1-3-5-7-9-11-12-13-14-15-16-17-18-20-22-24-26-30(34)31-28(27-32)29(33)25-23-21-19-10-8-6-4-2/h8,10,14-15,23,25,28-29,32-33H,3-7,9,11-13,16-22,24,26-27H2,1-2H3,(H,31,34)/b10-8+,15-14-,25-23+. The summed E-state index contributed by atoms with van der Waals surface area (Å²) in [5, 5.41) is 22.5. The highest BCUT2D eigenvalue weighted by Crippen LogP contribution is 2.10. The van der Waals surface area contributed by atoms with Crippen molar-refractivity contribution >= 4 is 5.91 Å². The van der Waals surface area contributed by atoms with Crippen LogP contribution >= 0.6 is 0 Å². The van der Waals surface area contributed by atoms with Gasteiger partial charge < -0.3 is 15.5 Å². The van der Waals surface area contributed by atoms with Crippen LogP contribution in [0.4, 0.5) is 0 Å². The van der Waals surface area contributed by atoms with E-state index in [0.717, 1.165) is 51.4 Å². The smallest absolute Gasteiger partial charge is 0.220 e. The van der Waals surface area contributed by atoms with Gasteiger partial charge in [-0.3, -0.25) is 4.79 Å². The van der Waals surface area contributed by atoms with Crippen LogP contribution in [0.1, 0.15) is 129 Å². The van der Waals surface area contributed by atoms with Crippen molar-refractivity contribution in [1.82, 2.24) is 5.32 Å². The maximum absolute atomic E-state index is 12.2. The van der Waals surface area contributed by atoms with Gasteiger partial charge in [-0.1, -0.05) is 108 Å². The summed E-state index contributed by atoms with van der Waals surface area (Å²) < 4.78 is 0. The van der Waals surface area contributed by atoms with E-state index in [1.807, 2.05) is 6.08 Å². The maximum Gasteiger partial charge on any atom is 0.220 e. The highest BCUT2D eigenvalue weighted by molar-refractivity contribution is 5.76. The van der Waals surface area contributed by atoms with E-state index in [1.165, 1.54) is 57.8 Å². The first-order valence-corrected chi connectivity index (χ1v) is 14.2. The van der Waals surface area contributed by atoms with E-state index in [9.17, 15) is 15.0 Å². The Morgan fingerprint density at radius 3 is 1.82 bits per heavy atom. The lowest BCUT2D eigenvalue weighted by Gasteiger charge is -2.19. The molecular formula is C30H55NO3. The summed E-state index contributed by atoms with van der Waals surface area (Å²) in [7, 11) is 0. The molecule has 2 atom stereocenters. The summed E-state index contributed by atoms with van der Waals surface area (Å²) in [4.78, 5) is 12.2. The Kier molecular flexibility index (Phi) is 25.1. The molecule has 0 radical (unpaired) electrons. The number of carbonyl (C=O) groups is 1. The predicted molar refractivity (Wildman–Crippen MR) is 147 cm³/mol. The van der Waals surface area contributed by atoms with Crippen LogP contribution in [0, 0.1) is 0 Å². The van der Waals surface area contributed by atoms with Crippen molar-refractivity contribution in [2.75, 3.05) is 6.61 Å². The molecule has 198 valence electrons. The molecule has 0 saturated heterocycles. The van der Waals surface area contributed by atoms with Gasteiger partial charge in [0.25, 0.3) is 0 Å². The Morgan fingerprint density at radius 1 is 0.676 bits per heavy atom. The molecule has 0 aliphatic carbocycles. The fourth-order valence-corrected chi connectivity index (χ4v) is 3.84. The third-order valence-electron chi connectivity index (χ3n) is 6.08. The molecule has 3 N–H and O–H groups in total. The molecule has 0 aromatic heterocycles. The molecule has 0 bridgehead atoms. The SMILES string of the molecule is CCC/C=C/CC/C=C/C(O)C(CO)NC(=O)CCCCCCC/C=C\CCCCCCCC.